The topological polar surface area (TPSA) is 138 Å². The molecule has 56 valence electrons. The summed E-state index contributed by atoms with van der Waals surface area (Å²) in [5, 5.41) is 0. The zero-order chi connectivity index (χ0) is 7.65. The van der Waals surface area contributed by atoms with Crippen molar-refractivity contribution in [2.45, 2.75) is 11.0 Å². The molecule has 0 aliphatic carbocycles. The lowest BCUT2D eigenvalue weighted by Crippen LogP contribution is -2.51. The summed E-state index contributed by atoms with van der Waals surface area (Å²) in [4.78, 5) is 0. The highest BCUT2D eigenvalue weighted by molar-refractivity contribution is 7.92. The quantitative estimate of drug-likeness (QED) is 0.309. The van der Waals surface area contributed by atoms with Crippen LogP contribution in [-0.4, -0.2) is 19.4 Å². The van der Waals surface area contributed by atoms with Gasteiger partial charge in [0.2, 0.25) is 9.84 Å². The van der Waals surface area contributed by atoms with Crippen molar-refractivity contribution in [3.05, 3.63) is 0 Å². The van der Waals surface area contributed by atoms with Crippen LogP contribution in [-0.2, 0) is 9.84 Å². The maximum atomic E-state index is 10.5. The van der Waals surface area contributed by atoms with E-state index in [1.165, 1.54) is 0 Å². The first-order chi connectivity index (χ1) is 3.89. The third-order valence-corrected chi connectivity index (χ3v) is 2.28. The highest BCUT2D eigenvalue weighted by atomic mass is 32.2. The summed E-state index contributed by atoms with van der Waals surface area (Å²) in [7, 11) is -3.70. The van der Waals surface area contributed by atoms with E-state index in [1.54, 1.807) is 0 Å². The molecule has 0 bridgehead atoms. The normalized spacial score (nSPS) is 13.1. The van der Waals surface area contributed by atoms with Crippen molar-refractivity contribution in [1.29, 1.82) is 0 Å². The molecule has 0 aromatic rings. The maximum absolute atomic E-state index is 10.5. The predicted molar refractivity (Wildman–Crippen MR) is 33.2 cm³/mol. The summed E-state index contributed by atoms with van der Waals surface area (Å²) in [6, 6.07) is 0. The van der Waals surface area contributed by atoms with Gasteiger partial charge in [0.15, 0.2) is 11.0 Å². The zero-order valence-corrected chi connectivity index (χ0v) is 5.51. The summed E-state index contributed by atoms with van der Waals surface area (Å²) >= 11 is 0. The van der Waals surface area contributed by atoms with E-state index >= 15 is 0 Å². The Labute approximate surface area is 53.1 Å². The minimum atomic E-state index is -3.70. The second kappa shape index (κ2) is 2.58. The Bertz CT molecular complexity index is 157. The smallest absolute Gasteiger partial charge is 0.208 e. The molecule has 0 aromatic heterocycles. The van der Waals surface area contributed by atoms with Gasteiger partial charge < -0.3 is 22.9 Å². The molecular formula is C2H10N4O2S. The fourth-order valence-corrected chi connectivity index (χ4v) is 0.544. The molecule has 0 amide bonds. The van der Waals surface area contributed by atoms with Crippen LogP contribution in [0.25, 0.3) is 0 Å². The number of nitrogens with two attached hydrogens (primary N) is 4. The number of hydrogen-bond donors (Lipinski definition) is 4. The van der Waals surface area contributed by atoms with Crippen molar-refractivity contribution < 1.29 is 8.42 Å². The minimum absolute atomic E-state index is 1.49. The standard InChI is InChI=1S/C2H10N4O2S/c3-1(4)9(7,8)2(5)6/h1-2H,3-6H2. The second-order valence-corrected chi connectivity index (χ2v) is 3.78. The SMILES string of the molecule is NC(N)S(=O)(=O)C(N)N. The molecule has 9 heavy (non-hydrogen) atoms. The van der Waals surface area contributed by atoms with Crippen molar-refractivity contribution in [1.82, 2.24) is 0 Å². The fourth-order valence-electron chi connectivity index (χ4n) is 0.181. The Morgan fingerprint density at radius 1 is 0.889 bits per heavy atom. The Morgan fingerprint density at radius 3 is 1.11 bits per heavy atom. The number of rotatable bonds is 2. The first kappa shape index (κ1) is 8.79. The van der Waals surface area contributed by atoms with E-state index < -0.39 is 20.8 Å². The summed E-state index contributed by atoms with van der Waals surface area (Å²) in [6.45, 7) is 0. The molecule has 0 saturated carbocycles. The van der Waals surface area contributed by atoms with Gasteiger partial charge in [-0.3, -0.25) is 0 Å². The minimum Gasteiger partial charge on any atom is -0.303 e. The van der Waals surface area contributed by atoms with Crippen LogP contribution in [0.15, 0.2) is 0 Å². The van der Waals surface area contributed by atoms with E-state index in [2.05, 4.69) is 0 Å². The largest absolute Gasteiger partial charge is 0.303 e. The third kappa shape index (κ3) is 1.88. The molecule has 0 fully saturated rings. The summed E-state index contributed by atoms with van der Waals surface area (Å²) in [5.74, 6) is 0. The molecule has 0 radical (unpaired) electrons. The van der Waals surface area contributed by atoms with Gasteiger partial charge in [0.05, 0.1) is 0 Å². The Kier molecular flexibility index (Phi) is 2.52. The molecule has 0 saturated heterocycles. The van der Waals surface area contributed by atoms with Crippen LogP contribution in [0.5, 0.6) is 0 Å². The van der Waals surface area contributed by atoms with Crippen LogP contribution in [0.2, 0.25) is 0 Å². The van der Waals surface area contributed by atoms with Crippen molar-refractivity contribution in [2.24, 2.45) is 22.9 Å². The van der Waals surface area contributed by atoms with Gasteiger partial charge in [-0.15, -0.1) is 0 Å². The van der Waals surface area contributed by atoms with E-state index in [0.717, 1.165) is 0 Å². The fraction of sp³-hybridized carbons (Fsp3) is 1.00. The molecule has 0 unspecified atom stereocenters. The van der Waals surface area contributed by atoms with Crippen LogP contribution in [0.4, 0.5) is 0 Å². The van der Waals surface area contributed by atoms with E-state index in [4.69, 9.17) is 22.9 Å². The van der Waals surface area contributed by atoms with Crippen LogP contribution in [0.3, 0.4) is 0 Å². The molecular weight excluding hydrogens is 144 g/mol. The van der Waals surface area contributed by atoms with Gasteiger partial charge in [-0.25, -0.2) is 8.42 Å². The van der Waals surface area contributed by atoms with Crippen molar-refractivity contribution in [3.63, 3.8) is 0 Å². The van der Waals surface area contributed by atoms with Crippen LogP contribution in [0.1, 0.15) is 0 Å². The number of sulfone groups is 1. The maximum Gasteiger partial charge on any atom is 0.208 e. The highest BCUT2D eigenvalue weighted by Crippen LogP contribution is 1.88. The van der Waals surface area contributed by atoms with Crippen molar-refractivity contribution in [2.75, 3.05) is 0 Å². The summed E-state index contributed by atoms with van der Waals surface area (Å²) in [6.07, 6.45) is 0. The van der Waals surface area contributed by atoms with E-state index in [1.807, 2.05) is 0 Å². The second-order valence-electron chi connectivity index (χ2n) is 1.52. The van der Waals surface area contributed by atoms with Gasteiger partial charge in [0.25, 0.3) is 0 Å². The van der Waals surface area contributed by atoms with Gasteiger partial charge in [0.1, 0.15) is 0 Å². The van der Waals surface area contributed by atoms with Gasteiger partial charge in [-0.2, -0.15) is 0 Å². The molecule has 0 atom stereocenters. The van der Waals surface area contributed by atoms with Gasteiger partial charge in [-0.1, -0.05) is 0 Å². The Balaban J connectivity index is 4.42. The van der Waals surface area contributed by atoms with Gasteiger partial charge in [0, 0.05) is 0 Å². The predicted octanol–water partition coefficient (Wildman–Crippen LogP) is -3.20. The van der Waals surface area contributed by atoms with Crippen LogP contribution < -0.4 is 22.9 Å². The van der Waals surface area contributed by atoms with Crippen molar-refractivity contribution in [3.8, 4) is 0 Å². The van der Waals surface area contributed by atoms with E-state index in [0.29, 0.717) is 0 Å². The molecule has 0 heterocycles. The monoisotopic (exact) mass is 154 g/mol. The third-order valence-electron chi connectivity index (χ3n) is 0.759. The van der Waals surface area contributed by atoms with Crippen molar-refractivity contribution >= 4 is 9.84 Å². The van der Waals surface area contributed by atoms with Crippen LogP contribution >= 0.6 is 0 Å². The van der Waals surface area contributed by atoms with E-state index in [-0.39, 0.29) is 0 Å². The summed E-state index contributed by atoms with van der Waals surface area (Å²) in [5.41, 5.74) is 16.2. The lowest BCUT2D eigenvalue weighted by Gasteiger charge is -2.09. The Morgan fingerprint density at radius 2 is 1.11 bits per heavy atom. The van der Waals surface area contributed by atoms with E-state index in [9.17, 15) is 8.42 Å². The first-order valence-electron chi connectivity index (χ1n) is 2.14. The first-order valence-corrected chi connectivity index (χ1v) is 3.75. The molecule has 6 nitrogen and oxygen atoms in total. The number of hydrogen-bond acceptors (Lipinski definition) is 6. The molecule has 0 spiro atoms. The van der Waals surface area contributed by atoms with Crippen LogP contribution in [0, 0.1) is 0 Å². The zero-order valence-electron chi connectivity index (χ0n) is 4.69. The molecule has 7 heteroatoms. The molecule has 0 aliphatic rings. The molecule has 0 aliphatic heterocycles. The highest BCUT2D eigenvalue weighted by Gasteiger charge is 2.22. The lowest BCUT2D eigenvalue weighted by molar-refractivity contribution is 0.568. The van der Waals surface area contributed by atoms with Gasteiger partial charge in [-0.05, 0) is 0 Å². The van der Waals surface area contributed by atoms with Gasteiger partial charge >= 0.3 is 0 Å². The summed E-state index contributed by atoms with van der Waals surface area (Å²) < 4.78 is 21.1. The molecule has 0 aromatic carbocycles. The molecule has 0 rings (SSSR count). The average Bonchev–Trinajstić information content (AvgIpc) is 1.65. The average molecular weight is 154 g/mol. The Hall–Kier alpha value is -0.210. The lowest BCUT2D eigenvalue weighted by atomic mass is 11.2. The molecule has 8 N–H and O–H groups in total.